The number of rotatable bonds is 3. The number of hydrogen-bond acceptors (Lipinski definition) is 3. The van der Waals surface area contributed by atoms with E-state index in [0.717, 1.165) is 25.8 Å². The summed E-state index contributed by atoms with van der Waals surface area (Å²) in [4.78, 5) is 26.8. The average molecular weight is 366 g/mol. The highest BCUT2D eigenvalue weighted by atomic mass is 35.5. The van der Waals surface area contributed by atoms with Gasteiger partial charge in [-0.05, 0) is 49.8 Å². The third kappa shape index (κ3) is 4.73. The van der Waals surface area contributed by atoms with Crippen LogP contribution in [0.5, 0.6) is 0 Å². The first-order chi connectivity index (χ1) is 11.6. The third-order valence-electron chi connectivity index (χ3n) is 4.75. The van der Waals surface area contributed by atoms with Crippen molar-refractivity contribution in [1.29, 1.82) is 0 Å². The molecule has 5 nitrogen and oxygen atoms in total. The first-order valence-corrected chi connectivity index (χ1v) is 9.16. The van der Waals surface area contributed by atoms with Gasteiger partial charge in [0.2, 0.25) is 5.91 Å². The first-order valence-electron chi connectivity index (χ1n) is 8.78. The fourth-order valence-corrected chi connectivity index (χ4v) is 3.20. The van der Waals surface area contributed by atoms with Crippen LogP contribution in [0.4, 0.5) is 5.69 Å². The summed E-state index contributed by atoms with van der Waals surface area (Å²) in [6, 6.07) is 4.56. The molecule has 0 spiro atoms. The van der Waals surface area contributed by atoms with Crippen LogP contribution < -0.4 is 11.1 Å². The number of piperidine rings is 1. The van der Waals surface area contributed by atoms with Gasteiger partial charge in [0.15, 0.2) is 0 Å². The summed E-state index contributed by atoms with van der Waals surface area (Å²) in [5.74, 6) is -0.325. The van der Waals surface area contributed by atoms with E-state index in [1.807, 2.05) is 25.7 Å². The molecule has 0 aliphatic carbocycles. The second-order valence-electron chi connectivity index (χ2n) is 7.87. The molecule has 1 heterocycles. The lowest BCUT2D eigenvalue weighted by Crippen LogP contribution is -2.45. The molecule has 25 heavy (non-hydrogen) atoms. The summed E-state index contributed by atoms with van der Waals surface area (Å²) in [5.41, 5.74) is 6.63. The molecule has 0 aromatic heterocycles. The molecule has 138 valence electrons. The van der Waals surface area contributed by atoms with Gasteiger partial charge < -0.3 is 16.0 Å². The molecule has 1 fully saturated rings. The summed E-state index contributed by atoms with van der Waals surface area (Å²) >= 11 is 6.31. The Labute approximate surface area is 154 Å². The minimum atomic E-state index is -0.637. The molecule has 2 amide bonds. The van der Waals surface area contributed by atoms with Crippen molar-refractivity contribution in [2.75, 3.05) is 11.9 Å². The van der Waals surface area contributed by atoms with Gasteiger partial charge in [-0.1, -0.05) is 32.4 Å². The number of carbonyl (C=O) groups is 2. The lowest BCUT2D eigenvalue weighted by molar-refractivity contribution is -0.119. The number of nitrogens with zero attached hydrogens (tertiary/aromatic N) is 1. The Balaban J connectivity index is 2.12. The van der Waals surface area contributed by atoms with Crippen molar-refractivity contribution in [2.45, 2.75) is 59.0 Å². The molecule has 2 rings (SSSR count). The van der Waals surface area contributed by atoms with Gasteiger partial charge in [-0.2, -0.15) is 0 Å². The van der Waals surface area contributed by atoms with Crippen LogP contribution in [-0.2, 0) is 4.79 Å². The lowest BCUT2D eigenvalue weighted by Gasteiger charge is -2.33. The first kappa shape index (κ1) is 19.7. The number of likely N-dealkylation sites (tertiary alicyclic amines) is 1. The largest absolute Gasteiger partial charge is 0.336 e. The smallest absolute Gasteiger partial charge is 0.255 e. The number of carbonyl (C=O) groups excluding carboxylic acids is 2. The van der Waals surface area contributed by atoms with Gasteiger partial charge in [-0.15, -0.1) is 0 Å². The predicted octanol–water partition coefficient (Wildman–Crippen LogP) is 3.67. The monoisotopic (exact) mass is 365 g/mol. The molecule has 3 N–H and O–H groups in total. The third-order valence-corrected chi connectivity index (χ3v) is 5.06. The maximum atomic E-state index is 12.7. The molecule has 1 unspecified atom stereocenters. The van der Waals surface area contributed by atoms with Crippen LogP contribution in [0.15, 0.2) is 18.2 Å². The van der Waals surface area contributed by atoms with Crippen molar-refractivity contribution in [1.82, 2.24) is 4.90 Å². The van der Waals surface area contributed by atoms with Crippen LogP contribution in [0, 0.1) is 5.41 Å². The molecule has 2 atom stereocenters. The van der Waals surface area contributed by atoms with Crippen molar-refractivity contribution in [3.8, 4) is 0 Å². The van der Waals surface area contributed by atoms with Crippen molar-refractivity contribution < 1.29 is 9.59 Å². The topological polar surface area (TPSA) is 75.4 Å². The molecule has 1 aromatic carbocycles. The van der Waals surface area contributed by atoms with Crippen LogP contribution >= 0.6 is 11.6 Å². The summed E-state index contributed by atoms with van der Waals surface area (Å²) in [6.07, 6.45) is 3.19. The van der Waals surface area contributed by atoms with Crippen molar-refractivity contribution in [3.05, 3.63) is 28.8 Å². The molecule has 1 saturated heterocycles. The second kappa shape index (κ2) is 7.75. The Morgan fingerprint density at radius 3 is 2.56 bits per heavy atom. The Morgan fingerprint density at radius 2 is 2.00 bits per heavy atom. The van der Waals surface area contributed by atoms with E-state index in [0.29, 0.717) is 16.3 Å². The SMILES string of the molecule is CC1CCCCN1C(=O)c1ccc(NC(=O)[C@@H](N)C(C)(C)C)cc1Cl. The minimum absolute atomic E-state index is 0.0542. The van der Waals surface area contributed by atoms with Crippen LogP contribution in [0.25, 0.3) is 0 Å². The zero-order valence-electron chi connectivity index (χ0n) is 15.4. The van der Waals surface area contributed by atoms with E-state index in [2.05, 4.69) is 12.2 Å². The maximum absolute atomic E-state index is 12.7. The Morgan fingerprint density at radius 1 is 1.32 bits per heavy atom. The predicted molar refractivity (Wildman–Crippen MR) is 102 cm³/mol. The molecule has 1 aliphatic heterocycles. The van der Waals surface area contributed by atoms with Crippen LogP contribution in [0.2, 0.25) is 5.02 Å². The van der Waals surface area contributed by atoms with E-state index in [9.17, 15) is 9.59 Å². The number of hydrogen-bond donors (Lipinski definition) is 2. The molecule has 0 saturated carbocycles. The van der Waals surface area contributed by atoms with E-state index < -0.39 is 6.04 Å². The van der Waals surface area contributed by atoms with E-state index in [4.69, 9.17) is 17.3 Å². The van der Waals surface area contributed by atoms with Crippen LogP contribution in [-0.4, -0.2) is 35.3 Å². The summed E-state index contributed by atoms with van der Waals surface area (Å²) in [7, 11) is 0. The number of benzene rings is 1. The summed E-state index contributed by atoms with van der Waals surface area (Å²) in [6.45, 7) is 8.55. The van der Waals surface area contributed by atoms with Crippen molar-refractivity contribution >= 4 is 29.1 Å². The fourth-order valence-electron chi connectivity index (χ4n) is 2.93. The van der Waals surface area contributed by atoms with Gasteiger partial charge >= 0.3 is 0 Å². The Bertz CT molecular complexity index is 655. The molecular weight excluding hydrogens is 338 g/mol. The van der Waals surface area contributed by atoms with Gasteiger partial charge in [0.1, 0.15) is 0 Å². The van der Waals surface area contributed by atoms with Gasteiger partial charge in [0.05, 0.1) is 16.6 Å². The van der Waals surface area contributed by atoms with Gasteiger partial charge in [-0.25, -0.2) is 0 Å². The number of anilines is 1. The molecule has 0 bridgehead atoms. The normalized spacial score (nSPS) is 19.4. The van der Waals surface area contributed by atoms with E-state index in [1.165, 1.54) is 0 Å². The molecule has 6 heteroatoms. The Hall–Kier alpha value is -1.59. The average Bonchev–Trinajstić information content (AvgIpc) is 2.53. The van der Waals surface area contributed by atoms with Crippen molar-refractivity contribution in [2.24, 2.45) is 11.1 Å². The second-order valence-corrected chi connectivity index (χ2v) is 8.28. The molecule has 1 aliphatic rings. The van der Waals surface area contributed by atoms with Crippen LogP contribution in [0.3, 0.4) is 0 Å². The van der Waals surface area contributed by atoms with Gasteiger partial charge in [0, 0.05) is 18.3 Å². The minimum Gasteiger partial charge on any atom is -0.336 e. The number of nitrogens with one attached hydrogen (secondary N) is 1. The maximum Gasteiger partial charge on any atom is 0.255 e. The van der Waals surface area contributed by atoms with Crippen molar-refractivity contribution in [3.63, 3.8) is 0 Å². The summed E-state index contributed by atoms with van der Waals surface area (Å²) < 4.78 is 0. The van der Waals surface area contributed by atoms with E-state index in [1.54, 1.807) is 18.2 Å². The number of amides is 2. The highest BCUT2D eigenvalue weighted by molar-refractivity contribution is 6.34. The molecular formula is C19H28ClN3O2. The molecule has 1 aromatic rings. The molecule has 0 radical (unpaired) electrons. The highest BCUT2D eigenvalue weighted by Gasteiger charge is 2.28. The Kier molecular flexibility index (Phi) is 6.12. The summed E-state index contributed by atoms with van der Waals surface area (Å²) in [5, 5.41) is 3.11. The highest BCUT2D eigenvalue weighted by Crippen LogP contribution is 2.26. The standard InChI is InChI=1S/C19H28ClN3O2/c1-12-7-5-6-10-23(12)18(25)14-9-8-13(11-15(14)20)22-17(24)16(21)19(2,3)4/h8-9,11-12,16H,5-7,10,21H2,1-4H3,(H,22,24)/t12?,16-/m1/s1. The van der Waals surface area contributed by atoms with Gasteiger partial charge in [-0.3, -0.25) is 9.59 Å². The van der Waals surface area contributed by atoms with Gasteiger partial charge in [0.25, 0.3) is 5.91 Å². The van der Waals surface area contributed by atoms with E-state index >= 15 is 0 Å². The quantitative estimate of drug-likeness (QED) is 0.858. The zero-order valence-corrected chi connectivity index (χ0v) is 16.2. The fraction of sp³-hybridized carbons (Fsp3) is 0.579. The number of halogens is 1. The lowest BCUT2D eigenvalue weighted by atomic mass is 9.87. The van der Waals surface area contributed by atoms with Crippen LogP contribution in [0.1, 0.15) is 57.3 Å². The zero-order chi connectivity index (χ0) is 18.8. The number of nitrogens with two attached hydrogens (primary N) is 1. The van der Waals surface area contributed by atoms with E-state index in [-0.39, 0.29) is 23.3 Å².